The van der Waals surface area contributed by atoms with E-state index in [1.165, 1.54) is 27.8 Å². The van der Waals surface area contributed by atoms with Gasteiger partial charge in [0.15, 0.2) is 0 Å². The highest BCUT2D eigenvalue weighted by atomic mass is 16.4. The number of rotatable bonds is 13. The number of hydrogen-bond acceptors (Lipinski definition) is 2. The van der Waals surface area contributed by atoms with Crippen molar-refractivity contribution in [3.8, 4) is 0 Å². The molecule has 170 valence electrons. The summed E-state index contributed by atoms with van der Waals surface area (Å²) >= 11 is 0. The van der Waals surface area contributed by atoms with Gasteiger partial charge in [0, 0.05) is 0 Å². The normalized spacial score (nSPS) is 12.2. The highest BCUT2D eigenvalue weighted by molar-refractivity contribution is 5.73. The van der Waals surface area contributed by atoms with E-state index in [1.807, 2.05) is 0 Å². The molecule has 0 aliphatic rings. The second kappa shape index (κ2) is 11.0. The van der Waals surface area contributed by atoms with E-state index in [1.54, 1.807) is 27.7 Å². The summed E-state index contributed by atoms with van der Waals surface area (Å²) < 4.78 is 0. The Bertz CT molecular complexity index is 744. The molecule has 0 heterocycles. The summed E-state index contributed by atoms with van der Waals surface area (Å²) in [5, 5.41) is 18.6. The van der Waals surface area contributed by atoms with Crippen molar-refractivity contribution in [3.05, 3.63) is 33.9 Å². The summed E-state index contributed by atoms with van der Waals surface area (Å²) in [6.45, 7) is 13.7. The number of carboxylic acid groups (broad SMARTS) is 2. The van der Waals surface area contributed by atoms with Gasteiger partial charge >= 0.3 is 11.9 Å². The topological polar surface area (TPSA) is 74.6 Å². The molecule has 0 amide bonds. The largest absolute Gasteiger partial charge is 0.481 e. The van der Waals surface area contributed by atoms with E-state index >= 15 is 0 Å². The second-order valence-corrected chi connectivity index (χ2v) is 10.2. The van der Waals surface area contributed by atoms with E-state index in [0.717, 1.165) is 44.9 Å². The fraction of sp³-hybridized carbons (Fsp3) is 0.692. The summed E-state index contributed by atoms with van der Waals surface area (Å²) in [5.74, 6) is -1.45. The Hall–Kier alpha value is -1.84. The smallest absolute Gasteiger partial charge is 0.309 e. The first kappa shape index (κ1) is 26.2. The molecular formula is C26H42O4. The lowest BCUT2D eigenvalue weighted by Gasteiger charge is -2.21. The van der Waals surface area contributed by atoms with Gasteiger partial charge in [-0.1, -0.05) is 25.3 Å². The molecule has 0 aliphatic heterocycles. The third-order valence-electron chi connectivity index (χ3n) is 6.68. The number of aliphatic carboxylic acids is 2. The average molecular weight is 419 g/mol. The summed E-state index contributed by atoms with van der Waals surface area (Å²) in [6, 6.07) is 2.27. The van der Waals surface area contributed by atoms with E-state index in [2.05, 4.69) is 26.8 Å². The van der Waals surface area contributed by atoms with Crippen molar-refractivity contribution in [2.45, 2.75) is 106 Å². The summed E-state index contributed by atoms with van der Waals surface area (Å²) in [4.78, 5) is 22.6. The monoisotopic (exact) mass is 418 g/mol. The van der Waals surface area contributed by atoms with Gasteiger partial charge in [0.2, 0.25) is 0 Å². The Morgan fingerprint density at radius 1 is 0.700 bits per heavy atom. The van der Waals surface area contributed by atoms with Crippen LogP contribution < -0.4 is 0 Å². The molecule has 0 radical (unpaired) electrons. The van der Waals surface area contributed by atoms with Gasteiger partial charge < -0.3 is 10.2 Å². The minimum atomic E-state index is -0.725. The third-order valence-corrected chi connectivity index (χ3v) is 6.68. The molecule has 4 heteroatoms. The molecule has 0 spiro atoms. The predicted octanol–water partition coefficient (Wildman–Crippen LogP) is 6.65. The number of unbranched alkanes of at least 4 members (excludes halogenated alkanes) is 3. The standard InChI is InChI=1S/C26H42O4/c1-18-17-19(2)21(13-9-8-11-15-25(4,5)23(27)28)22(20(18)3)14-10-12-16-26(6,7)24(29)30/h17H,8-16H2,1-7H3,(H,27,28)(H,29,30). The average Bonchev–Trinajstić information content (AvgIpc) is 2.63. The second-order valence-electron chi connectivity index (χ2n) is 10.2. The van der Waals surface area contributed by atoms with Gasteiger partial charge in [-0.2, -0.15) is 0 Å². The fourth-order valence-corrected chi connectivity index (χ4v) is 4.04. The molecule has 0 fully saturated rings. The van der Waals surface area contributed by atoms with Crippen LogP contribution in [-0.4, -0.2) is 22.2 Å². The van der Waals surface area contributed by atoms with Crippen molar-refractivity contribution in [2.24, 2.45) is 10.8 Å². The molecular weight excluding hydrogens is 376 g/mol. The van der Waals surface area contributed by atoms with Crippen molar-refractivity contribution in [2.75, 3.05) is 0 Å². The van der Waals surface area contributed by atoms with Gasteiger partial charge in [0.1, 0.15) is 0 Å². The van der Waals surface area contributed by atoms with Crippen molar-refractivity contribution in [3.63, 3.8) is 0 Å². The Morgan fingerprint density at radius 2 is 1.13 bits per heavy atom. The lowest BCUT2D eigenvalue weighted by molar-refractivity contribution is -0.148. The molecule has 0 unspecified atom stereocenters. The van der Waals surface area contributed by atoms with Crippen molar-refractivity contribution < 1.29 is 19.8 Å². The van der Waals surface area contributed by atoms with Crippen LogP contribution in [0.5, 0.6) is 0 Å². The molecule has 0 saturated carbocycles. The van der Waals surface area contributed by atoms with Gasteiger partial charge in [-0.05, 0) is 115 Å². The van der Waals surface area contributed by atoms with E-state index in [-0.39, 0.29) is 0 Å². The van der Waals surface area contributed by atoms with Crippen LogP contribution in [0.4, 0.5) is 0 Å². The number of benzene rings is 1. The highest BCUT2D eigenvalue weighted by Crippen LogP contribution is 2.29. The van der Waals surface area contributed by atoms with E-state index in [4.69, 9.17) is 0 Å². The van der Waals surface area contributed by atoms with Crippen molar-refractivity contribution in [1.29, 1.82) is 0 Å². The molecule has 0 aliphatic carbocycles. The zero-order chi connectivity index (χ0) is 23.1. The van der Waals surface area contributed by atoms with Crippen LogP contribution in [0.15, 0.2) is 6.07 Å². The zero-order valence-electron chi connectivity index (χ0n) is 20.2. The van der Waals surface area contributed by atoms with Crippen LogP contribution in [0.2, 0.25) is 0 Å². The predicted molar refractivity (Wildman–Crippen MR) is 123 cm³/mol. The summed E-state index contributed by atoms with van der Waals surface area (Å²) in [5.41, 5.74) is 5.58. The molecule has 0 bridgehead atoms. The zero-order valence-corrected chi connectivity index (χ0v) is 20.2. The maximum absolute atomic E-state index is 11.3. The highest BCUT2D eigenvalue weighted by Gasteiger charge is 2.27. The Balaban J connectivity index is 2.72. The molecule has 1 rings (SSSR count). The Morgan fingerprint density at radius 3 is 1.63 bits per heavy atom. The van der Waals surface area contributed by atoms with Crippen molar-refractivity contribution in [1.82, 2.24) is 0 Å². The first-order valence-corrected chi connectivity index (χ1v) is 11.3. The molecule has 4 nitrogen and oxygen atoms in total. The molecule has 0 aromatic heterocycles. The molecule has 30 heavy (non-hydrogen) atoms. The maximum atomic E-state index is 11.3. The SMILES string of the molecule is Cc1cc(C)c(CCCCCC(C)(C)C(=O)O)c(CCCCC(C)(C)C(=O)O)c1C. The summed E-state index contributed by atoms with van der Waals surface area (Å²) in [6.07, 6.45) is 8.37. The third kappa shape index (κ3) is 7.45. The van der Waals surface area contributed by atoms with Gasteiger partial charge in [-0.15, -0.1) is 0 Å². The Kier molecular flexibility index (Phi) is 9.58. The van der Waals surface area contributed by atoms with Crippen LogP contribution in [0.25, 0.3) is 0 Å². The van der Waals surface area contributed by atoms with Crippen molar-refractivity contribution >= 4 is 11.9 Å². The molecule has 2 N–H and O–H groups in total. The molecule has 0 atom stereocenters. The number of carbonyl (C=O) groups is 2. The lowest BCUT2D eigenvalue weighted by atomic mass is 9.84. The van der Waals surface area contributed by atoms with Crippen LogP contribution in [0, 0.1) is 31.6 Å². The van der Waals surface area contributed by atoms with Gasteiger partial charge in [0.25, 0.3) is 0 Å². The first-order chi connectivity index (χ1) is 13.8. The number of aryl methyl sites for hydroxylation is 2. The Labute approximate surface area is 183 Å². The van der Waals surface area contributed by atoms with E-state index in [9.17, 15) is 19.8 Å². The molecule has 1 aromatic carbocycles. The van der Waals surface area contributed by atoms with E-state index < -0.39 is 22.8 Å². The van der Waals surface area contributed by atoms with E-state index in [0.29, 0.717) is 12.8 Å². The minimum Gasteiger partial charge on any atom is -0.481 e. The van der Waals surface area contributed by atoms with Gasteiger partial charge in [0.05, 0.1) is 10.8 Å². The first-order valence-electron chi connectivity index (χ1n) is 11.3. The quantitative estimate of drug-likeness (QED) is 0.352. The van der Waals surface area contributed by atoms with Gasteiger partial charge in [-0.3, -0.25) is 9.59 Å². The fourth-order valence-electron chi connectivity index (χ4n) is 4.04. The minimum absolute atomic E-state index is 0.648. The summed E-state index contributed by atoms with van der Waals surface area (Å²) in [7, 11) is 0. The van der Waals surface area contributed by atoms with Crippen LogP contribution >= 0.6 is 0 Å². The maximum Gasteiger partial charge on any atom is 0.309 e. The molecule has 1 aromatic rings. The van der Waals surface area contributed by atoms with Crippen LogP contribution in [-0.2, 0) is 22.4 Å². The van der Waals surface area contributed by atoms with Crippen LogP contribution in [0.1, 0.15) is 100 Å². The number of carboxylic acids is 2. The lowest BCUT2D eigenvalue weighted by Crippen LogP contribution is -2.23. The molecule has 0 saturated heterocycles. The van der Waals surface area contributed by atoms with Crippen LogP contribution in [0.3, 0.4) is 0 Å². The van der Waals surface area contributed by atoms with Gasteiger partial charge in [-0.25, -0.2) is 0 Å². The number of hydrogen-bond donors (Lipinski definition) is 2.